The molecule has 0 aliphatic heterocycles. The zero-order valence-electron chi connectivity index (χ0n) is 31.2. The normalized spacial score (nSPS) is 11.8. The second-order valence-corrected chi connectivity index (χ2v) is 14.8. The molecule has 3 heterocycles. The Balaban J connectivity index is 0.975. The minimum Gasteiger partial charge on any atom is -0.456 e. The van der Waals surface area contributed by atoms with Gasteiger partial charge in [-0.2, -0.15) is 0 Å². The molecular formula is C54H33NO3. The van der Waals surface area contributed by atoms with Gasteiger partial charge in [-0.15, -0.1) is 0 Å². The third-order valence-corrected chi connectivity index (χ3v) is 11.5. The van der Waals surface area contributed by atoms with Gasteiger partial charge in [-0.1, -0.05) is 133 Å². The number of anilines is 3. The van der Waals surface area contributed by atoms with E-state index in [1.165, 1.54) is 0 Å². The average molecular weight is 744 g/mol. The first-order chi connectivity index (χ1) is 28.7. The SMILES string of the molecule is c1cc(-c2cccc3c2oc2ccccc23)cc(N(c2ccc(-c3ccc4oc5ccccc5c4c3)cc2)c2ccc(-c3cccc4c3oc3ccccc34)cc2)c1. The maximum Gasteiger partial charge on any atom is 0.143 e. The highest BCUT2D eigenvalue weighted by Crippen LogP contribution is 2.42. The largest absolute Gasteiger partial charge is 0.456 e. The van der Waals surface area contributed by atoms with E-state index < -0.39 is 0 Å². The molecule has 0 fully saturated rings. The van der Waals surface area contributed by atoms with E-state index >= 15 is 0 Å². The number of hydrogen-bond acceptors (Lipinski definition) is 4. The first-order valence-corrected chi connectivity index (χ1v) is 19.6. The van der Waals surface area contributed by atoms with Crippen LogP contribution in [0.3, 0.4) is 0 Å². The van der Waals surface area contributed by atoms with E-state index in [9.17, 15) is 0 Å². The first kappa shape index (κ1) is 32.4. The quantitative estimate of drug-likeness (QED) is 0.170. The van der Waals surface area contributed by atoms with E-state index in [1.54, 1.807) is 0 Å². The van der Waals surface area contributed by atoms with Crippen molar-refractivity contribution >= 4 is 82.9 Å². The van der Waals surface area contributed by atoms with E-state index in [2.05, 4.69) is 169 Å². The van der Waals surface area contributed by atoms with Gasteiger partial charge < -0.3 is 18.2 Å². The molecule has 0 aliphatic carbocycles. The maximum absolute atomic E-state index is 6.49. The van der Waals surface area contributed by atoms with Gasteiger partial charge in [0.2, 0.25) is 0 Å². The number of furan rings is 3. The van der Waals surface area contributed by atoms with Crippen molar-refractivity contribution in [1.82, 2.24) is 0 Å². The minimum absolute atomic E-state index is 0.890. The predicted molar refractivity (Wildman–Crippen MR) is 239 cm³/mol. The van der Waals surface area contributed by atoms with Crippen LogP contribution in [-0.4, -0.2) is 0 Å². The molecule has 0 saturated heterocycles. The molecular weight excluding hydrogens is 711 g/mol. The van der Waals surface area contributed by atoms with Gasteiger partial charge in [-0.25, -0.2) is 0 Å². The molecule has 4 heteroatoms. The van der Waals surface area contributed by atoms with Crippen molar-refractivity contribution in [1.29, 1.82) is 0 Å². The van der Waals surface area contributed by atoms with E-state index in [1.807, 2.05) is 36.4 Å². The number of fused-ring (bicyclic) bond motifs is 9. The summed E-state index contributed by atoms with van der Waals surface area (Å²) >= 11 is 0. The molecule has 0 spiro atoms. The molecule has 58 heavy (non-hydrogen) atoms. The molecule has 0 N–H and O–H groups in total. The number of hydrogen-bond donors (Lipinski definition) is 0. The molecule has 4 nitrogen and oxygen atoms in total. The maximum atomic E-state index is 6.49. The fourth-order valence-corrected chi connectivity index (χ4v) is 8.71. The predicted octanol–water partition coefficient (Wildman–Crippen LogP) is 15.9. The van der Waals surface area contributed by atoms with Crippen LogP contribution in [0.2, 0.25) is 0 Å². The van der Waals surface area contributed by atoms with Crippen molar-refractivity contribution in [2.45, 2.75) is 0 Å². The van der Waals surface area contributed by atoms with Crippen LogP contribution in [0.1, 0.15) is 0 Å². The van der Waals surface area contributed by atoms with Gasteiger partial charge in [0.15, 0.2) is 0 Å². The summed E-state index contributed by atoms with van der Waals surface area (Å²) in [6, 6.07) is 70.3. The number of benzene rings is 9. The Labute approximate surface area is 333 Å². The van der Waals surface area contributed by atoms with E-state index in [0.717, 1.165) is 116 Å². The third kappa shape index (κ3) is 5.16. The smallest absolute Gasteiger partial charge is 0.143 e. The van der Waals surface area contributed by atoms with Crippen LogP contribution in [0, 0.1) is 0 Å². The molecule has 272 valence electrons. The van der Waals surface area contributed by atoms with E-state index in [4.69, 9.17) is 13.3 Å². The first-order valence-electron chi connectivity index (χ1n) is 19.6. The number of rotatable bonds is 6. The molecule has 0 radical (unpaired) electrons. The van der Waals surface area contributed by atoms with Gasteiger partial charge in [0.25, 0.3) is 0 Å². The number of nitrogens with zero attached hydrogens (tertiary/aromatic N) is 1. The molecule has 0 aliphatic rings. The topological polar surface area (TPSA) is 42.7 Å². The molecule has 12 aromatic rings. The van der Waals surface area contributed by atoms with Gasteiger partial charge in [0.05, 0.1) is 0 Å². The number of para-hydroxylation sites is 5. The summed E-state index contributed by atoms with van der Waals surface area (Å²) in [7, 11) is 0. The molecule has 0 atom stereocenters. The highest BCUT2D eigenvalue weighted by atomic mass is 16.3. The molecule has 0 bridgehead atoms. The van der Waals surface area contributed by atoms with Gasteiger partial charge in [0.1, 0.15) is 33.5 Å². The zero-order valence-corrected chi connectivity index (χ0v) is 31.2. The lowest BCUT2D eigenvalue weighted by Gasteiger charge is -2.26. The summed E-state index contributed by atoms with van der Waals surface area (Å²) in [6.45, 7) is 0. The molecule has 12 rings (SSSR count). The Bertz CT molecular complexity index is 3510. The monoisotopic (exact) mass is 743 g/mol. The minimum atomic E-state index is 0.890. The van der Waals surface area contributed by atoms with Crippen LogP contribution < -0.4 is 4.90 Å². The molecule has 3 aromatic heterocycles. The summed E-state index contributed by atoms with van der Waals surface area (Å²) in [4.78, 5) is 2.32. The fraction of sp³-hybridized carbons (Fsp3) is 0. The summed E-state index contributed by atoms with van der Waals surface area (Å²) in [5.41, 5.74) is 15.1. The Kier molecular flexibility index (Phi) is 7.20. The van der Waals surface area contributed by atoms with Crippen molar-refractivity contribution in [2.24, 2.45) is 0 Å². The summed E-state index contributed by atoms with van der Waals surface area (Å²) < 4.78 is 19.0. The Hall–Kier alpha value is -7.82. The van der Waals surface area contributed by atoms with Crippen molar-refractivity contribution in [2.75, 3.05) is 4.90 Å². The summed E-state index contributed by atoms with van der Waals surface area (Å²) in [5, 5.41) is 6.73. The lowest BCUT2D eigenvalue weighted by molar-refractivity contribution is 0.669. The Morgan fingerprint density at radius 3 is 1.34 bits per heavy atom. The van der Waals surface area contributed by atoms with Gasteiger partial charge in [-0.05, 0) is 89.0 Å². The molecule has 0 amide bonds. The van der Waals surface area contributed by atoms with Crippen LogP contribution in [0.25, 0.3) is 99.2 Å². The Morgan fingerprint density at radius 1 is 0.259 bits per heavy atom. The van der Waals surface area contributed by atoms with Crippen molar-refractivity contribution in [3.63, 3.8) is 0 Å². The second kappa shape index (κ2) is 12.9. The molecule has 9 aromatic carbocycles. The highest BCUT2D eigenvalue weighted by molar-refractivity contribution is 6.11. The van der Waals surface area contributed by atoms with E-state index in [-0.39, 0.29) is 0 Å². The molecule has 0 unspecified atom stereocenters. The Morgan fingerprint density at radius 2 is 0.724 bits per heavy atom. The van der Waals surface area contributed by atoms with Crippen LogP contribution in [0.15, 0.2) is 213 Å². The van der Waals surface area contributed by atoms with Crippen molar-refractivity contribution < 1.29 is 13.3 Å². The lowest BCUT2D eigenvalue weighted by Crippen LogP contribution is -2.10. The van der Waals surface area contributed by atoms with Gasteiger partial charge in [-0.3, -0.25) is 0 Å². The van der Waals surface area contributed by atoms with Crippen LogP contribution in [0.4, 0.5) is 17.1 Å². The van der Waals surface area contributed by atoms with Crippen LogP contribution >= 0.6 is 0 Å². The fourth-order valence-electron chi connectivity index (χ4n) is 8.71. The van der Waals surface area contributed by atoms with Crippen molar-refractivity contribution in [3.8, 4) is 33.4 Å². The standard InChI is InChI=1S/C54H33NO3/c1-5-20-50-43(12-1)46-17-8-15-41(53(46)57-50)35-24-29-39(30-25-35)55(38-27-22-34(23-28-38)36-26-31-52-48(33-36)45-14-3-4-19-49(45)56-52)40-11-7-10-37(32-40)42-16-9-18-47-44-13-2-6-21-51(44)58-54(42)47/h1-33H. The lowest BCUT2D eigenvalue weighted by atomic mass is 10.00. The summed E-state index contributed by atoms with van der Waals surface area (Å²) in [6.07, 6.45) is 0. The van der Waals surface area contributed by atoms with Gasteiger partial charge in [0, 0.05) is 60.5 Å². The highest BCUT2D eigenvalue weighted by Gasteiger charge is 2.18. The van der Waals surface area contributed by atoms with Crippen LogP contribution in [0.5, 0.6) is 0 Å². The third-order valence-electron chi connectivity index (χ3n) is 11.5. The molecule has 0 saturated carbocycles. The summed E-state index contributed by atoms with van der Waals surface area (Å²) in [5.74, 6) is 0. The van der Waals surface area contributed by atoms with Crippen LogP contribution in [-0.2, 0) is 0 Å². The van der Waals surface area contributed by atoms with E-state index in [0.29, 0.717) is 0 Å². The van der Waals surface area contributed by atoms with Gasteiger partial charge >= 0.3 is 0 Å². The second-order valence-electron chi connectivity index (χ2n) is 14.8. The zero-order chi connectivity index (χ0) is 38.2. The average Bonchev–Trinajstić information content (AvgIpc) is 3.98. The van der Waals surface area contributed by atoms with Crippen molar-refractivity contribution in [3.05, 3.63) is 200 Å².